The van der Waals surface area contributed by atoms with E-state index in [0.717, 1.165) is 29.7 Å². The zero-order valence-corrected chi connectivity index (χ0v) is 9.47. The number of benzene rings is 1. The van der Waals surface area contributed by atoms with Crippen molar-refractivity contribution in [3.05, 3.63) is 53.1 Å². The van der Waals surface area contributed by atoms with Crippen LogP contribution in [0, 0.1) is 6.92 Å². The van der Waals surface area contributed by atoms with Gasteiger partial charge in [-0.1, -0.05) is 12.1 Å². The van der Waals surface area contributed by atoms with Crippen molar-refractivity contribution in [2.75, 3.05) is 0 Å². The van der Waals surface area contributed by atoms with Gasteiger partial charge in [0, 0.05) is 31.4 Å². The highest BCUT2D eigenvalue weighted by Crippen LogP contribution is 2.13. The van der Waals surface area contributed by atoms with Crippen LogP contribution in [-0.4, -0.2) is 15.8 Å². The zero-order chi connectivity index (χ0) is 11.5. The van der Waals surface area contributed by atoms with Crippen molar-refractivity contribution in [2.45, 2.75) is 13.3 Å². The lowest BCUT2D eigenvalue weighted by molar-refractivity contribution is 0.112. The Labute approximate surface area is 94.7 Å². The van der Waals surface area contributed by atoms with Gasteiger partial charge in [0.25, 0.3) is 0 Å². The normalized spacial score (nSPS) is 10.4. The van der Waals surface area contributed by atoms with Crippen molar-refractivity contribution < 1.29 is 4.79 Å². The molecule has 0 spiro atoms. The molecule has 0 fully saturated rings. The summed E-state index contributed by atoms with van der Waals surface area (Å²) in [5.74, 6) is 1.03. The summed E-state index contributed by atoms with van der Waals surface area (Å²) in [6.07, 6.45) is 5.40. The second-order valence-electron chi connectivity index (χ2n) is 3.93. The van der Waals surface area contributed by atoms with Gasteiger partial charge >= 0.3 is 0 Å². The van der Waals surface area contributed by atoms with Crippen molar-refractivity contribution in [3.8, 4) is 0 Å². The molecule has 2 rings (SSSR count). The van der Waals surface area contributed by atoms with Crippen LogP contribution in [-0.2, 0) is 13.5 Å². The molecule has 2 aromatic rings. The summed E-state index contributed by atoms with van der Waals surface area (Å²) in [6, 6.07) is 5.75. The number of aldehydes is 1. The highest BCUT2D eigenvalue weighted by Gasteiger charge is 2.04. The lowest BCUT2D eigenvalue weighted by Gasteiger charge is -2.06. The van der Waals surface area contributed by atoms with E-state index < -0.39 is 0 Å². The van der Waals surface area contributed by atoms with Crippen molar-refractivity contribution in [1.82, 2.24) is 9.55 Å². The van der Waals surface area contributed by atoms with Gasteiger partial charge < -0.3 is 4.57 Å². The minimum Gasteiger partial charge on any atom is -0.338 e. The average Bonchev–Trinajstić information content (AvgIpc) is 2.67. The second kappa shape index (κ2) is 4.31. The number of aryl methyl sites for hydroxylation is 2. The first-order valence-electron chi connectivity index (χ1n) is 5.21. The Balaban J connectivity index is 2.29. The number of aromatic nitrogens is 2. The molecule has 0 aliphatic heterocycles. The van der Waals surface area contributed by atoms with Gasteiger partial charge in [0.05, 0.1) is 0 Å². The van der Waals surface area contributed by atoms with Gasteiger partial charge in [-0.05, 0) is 24.1 Å². The fraction of sp³-hybridized carbons (Fsp3) is 0.231. The van der Waals surface area contributed by atoms with E-state index in [9.17, 15) is 4.79 Å². The SMILES string of the molecule is Cc1cc(C=O)ccc1Cc1nccn1C. The highest BCUT2D eigenvalue weighted by atomic mass is 16.1. The van der Waals surface area contributed by atoms with Crippen molar-refractivity contribution >= 4 is 6.29 Å². The molecule has 0 saturated heterocycles. The Morgan fingerprint density at radius 1 is 1.44 bits per heavy atom. The average molecular weight is 214 g/mol. The molecule has 0 atom stereocenters. The first-order valence-corrected chi connectivity index (χ1v) is 5.21. The molecule has 16 heavy (non-hydrogen) atoms. The maximum absolute atomic E-state index is 10.6. The van der Waals surface area contributed by atoms with Crippen LogP contribution in [0.3, 0.4) is 0 Å². The molecule has 0 radical (unpaired) electrons. The highest BCUT2D eigenvalue weighted by molar-refractivity contribution is 5.75. The monoisotopic (exact) mass is 214 g/mol. The third kappa shape index (κ3) is 2.03. The molecule has 82 valence electrons. The molecule has 1 aromatic carbocycles. The van der Waals surface area contributed by atoms with Crippen LogP contribution in [0.5, 0.6) is 0 Å². The van der Waals surface area contributed by atoms with E-state index in [1.807, 2.05) is 42.9 Å². The summed E-state index contributed by atoms with van der Waals surface area (Å²) >= 11 is 0. The van der Waals surface area contributed by atoms with Crippen LogP contribution in [0.2, 0.25) is 0 Å². The maximum atomic E-state index is 10.6. The number of hydrogen-bond donors (Lipinski definition) is 0. The van der Waals surface area contributed by atoms with Crippen molar-refractivity contribution in [1.29, 1.82) is 0 Å². The number of imidazole rings is 1. The van der Waals surface area contributed by atoms with E-state index in [1.54, 1.807) is 6.20 Å². The molecule has 3 nitrogen and oxygen atoms in total. The van der Waals surface area contributed by atoms with Gasteiger partial charge in [0.15, 0.2) is 0 Å². The maximum Gasteiger partial charge on any atom is 0.150 e. The Morgan fingerprint density at radius 2 is 2.25 bits per heavy atom. The number of carbonyl (C=O) groups excluding carboxylic acids is 1. The van der Waals surface area contributed by atoms with E-state index in [2.05, 4.69) is 4.98 Å². The molecule has 0 bridgehead atoms. The van der Waals surface area contributed by atoms with Crippen LogP contribution < -0.4 is 0 Å². The van der Waals surface area contributed by atoms with E-state index in [4.69, 9.17) is 0 Å². The smallest absolute Gasteiger partial charge is 0.150 e. The molecule has 0 unspecified atom stereocenters. The summed E-state index contributed by atoms with van der Waals surface area (Å²) in [5.41, 5.74) is 3.06. The first kappa shape index (κ1) is 10.6. The summed E-state index contributed by atoms with van der Waals surface area (Å²) in [7, 11) is 1.98. The molecular formula is C13H14N2O. The summed E-state index contributed by atoms with van der Waals surface area (Å²) in [4.78, 5) is 14.9. The number of nitrogens with zero attached hydrogens (tertiary/aromatic N) is 2. The molecular weight excluding hydrogens is 200 g/mol. The van der Waals surface area contributed by atoms with E-state index >= 15 is 0 Å². The fourth-order valence-electron chi connectivity index (χ4n) is 1.73. The van der Waals surface area contributed by atoms with E-state index in [-0.39, 0.29) is 0 Å². The van der Waals surface area contributed by atoms with Crippen LogP contribution >= 0.6 is 0 Å². The van der Waals surface area contributed by atoms with Gasteiger partial charge in [-0.15, -0.1) is 0 Å². The predicted molar refractivity (Wildman–Crippen MR) is 62.6 cm³/mol. The largest absolute Gasteiger partial charge is 0.338 e. The summed E-state index contributed by atoms with van der Waals surface area (Å²) in [5, 5.41) is 0. The molecule has 1 heterocycles. The Hall–Kier alpha value is -1.90. The van der Waals surface area contributed by atoms with Gasteiger partial charge in [0.2, 0.25) is 0 Å². The molecule has 0 aliphatic rings. The number of hydrogen-bond acceptors (Lipinski definition) is 2. The van der Waals surface area contributed by atoms with Gasteiger partial charge in [0.1, 0.15) is 12.1 Å². The number of rotatable bonds is 3. The zero-order valence-electron chi connectivity index (χ0n) is 9.47. The molecule has 0 aliphatic carbocycles. The standard InChI is InChI=1S/C13H14N2O/c1-10-7-11(9-16)3-4-12(10)8-13-14-5-6-15(13)2/h3-7,9H,8H2,1-2H3. The molecule has 1 aromatic heterocycles. The van der Waals surface area contributed by atoms with E-state index in [1.165, 1.54) is 5.56 Å². The summed E-state index contributed by atoms with van der Waals surface area (Å²) in [6.45, 7) is 2.02. The van der Waals surface area contributed by atoms with Gasteiger partial charge in [-0.3, -0.25) is 4.79 Å². The molecule has 0 amide bonds. The van der Waals surface area contributed by atoms with Crippen LogP contribution in [0.4, 0.5) is 0 Å². The van der Waals surface area contributed by atoms with E-state index in [0.29, 0.717) is 0 Å². The van der Waals surface area contributed by atoms with Gasteiger partial charge in [-0.2, -0.15) is 0 Å². The molecule has 3 heteroatoms. The van der Waals surface area contributed by atoms with Crippen LogP contribution in [0.25, 0.3) is 0 Å². The lowest BCUT2D eigenvalue weighted by atomic mass is 10.0. The third-order valence-corrected chi connectivity index (χ3v) is 2.77. The molecule has 0 N–H and O–H groups in total. The Kier molecular flexibility index (Phi) is 2.86. The first-order chi connectivity index (χ1) is 7.70. The topological polar surface area (TPSA) is 34.9 Å². The quantitative estimate of drug-likeness (QED) is 0.734. The van der Waals surface area contributed by atoms with Crippen molar-refractivity contribution in [3.63, 3.8) is 0 Å². The Morgan fingerprint density at radius 3 is 2.81 bits per heavy atom. The third-order valence-electron chi connectivity index (χ3n) is 2.77. The van der Waals surface area contributed by atoms with Crippen molar-refractivity contribution in [2.24, 2.45) is 7.05 Å². The number of carbonyl (C=O) groups is 1. The second-order valence-corrected chi connectivity index (χ2v) is 3.93. The molecule has 0 saturated carbocycles. The minimum absolute atomic E-state index is 0.723. The van der Waals surface area contributed by atoms with Gasteiger partial charge in [-0.25, -0.2) is 4.98 Å². The summed E-state index contributed by atoms with van der Waals surface area (Å²) < 4.78 is 2.01. The fourth-order valence-corrected chi connectivity index (χ4v) is 1.73. The van der Waals surface area contributed by atoms with Crippen LogP contribution in [0.15, 0.2) is 30.6 Å². The lowest BCUT2D eigenvalue weighted by Crippen LogP contribution is -2.00. The minimum atomic E-state index is 0.723. The van der Waals surface area contributed by atoms with Crippen LogP contribution in [0.1, 0.15) is 27.3 Å². The predicted octanol–water partition coefficient (Wildman–Crippen LogP) is 2.13. The Bertz CT molecular complexity index is 514.